The zero-order valence-electron chi connectivity index (χ0n) is 9.06. The van der Waals surface area contributed by atoms with Gasteiger partial charge in [-0.25, -0.2) is 4.72 Å². The smallest absolute Gasteiger partial charge is 0.298 e. The highest BCUT2D eigenvalue weighted by atomic mass is 32.2. The maximum atomic E-state index is 11.5. The van der Waals surface area contributed by atoms with E-state index in [1.165, 1.54) is 16.9 Å². The molecular formula is C8H7N3O6S2. The normalized spacial score (nSPS) is 10.6. The number of benzene rings is 1. The van der Waals surface area contributed by atoms with Gasteiger partial charge in [-0.15, -0.1) is 0 Å². The van der Waals surface area contributed by atoms with Crippen molar-refractivity contribution in [1.29, 1.82) is 0 Å². The second-order valence-corrected chi connectivity index (χ2v) is 4.73. The maximum absolute atomic E-state index is 11.5. The molecule has 3 N–H and O–H groups in total. The molecule has 19 heavy (non-hydrogen) atoms. The van der Waals surface area contributed by atoms with Gasteiger partial charge >= 0.3 is 10.3 Å². The molecule has 0 fully saturated rings. The minimum absolute atomic E-state index is 0.0325. The number of non-ortho nitro benzene ring substituents is 1. The number of rotatable bonds is 3. The van der Waals surface area contributed by atoms with Crippen molar-refractivity contribution in [3.8, 4) is 0 Å². The molecular weight excluding hydrogens is 298 g/mol. The lowest BCUT2D eigenvalue weighted by atomic mass is 10.2. The van der Waals surface area contributed by atoms with Crippen LogP contribution in [0, 0.1) is 10.1 Å². The molecule has 9 nitrogen and oxygen atoms in total. The molecule has 0 aliphatic carbocycles. The van der Waals surface area contributed by atoms with Crippen LogP contribution in [0.2, 0.25) is 0 Å². The second-order valence-electron chi connectivity index (χ2n) is 3.16. The Morgan fingerprint density at radius 1 is 1.32 bits per heavy atom. The number of thiocarbonyl (C=S) groups is 1. The highest BCUT2D eigenvalue weighted by Crippen LogP contribution is 2.11. The molecule has 0 aliphatic heterocycles. The highest BCUT2D eigenvalue weighted by molar-refractivity contribution is 7.87. The summed E-state index contributed by atoms with van der Waals surface area (Å²) < 4.78 is 30.7. The van der Waals surface area contributed by atoms with E-state index in [9.17, 15) is 23.3 Å². The second kappa shape index (κ2) is 5.69. The molecule has 0 atom stereocenters. The van der Waals surface area contributed by atoms with Crippen molar-refractivity contribution in [2.45, 2.75) is 0 Å². The largest absolute Gasteiger partial charge is 0.359 e. The summed E-state index contributed by atoms with van der Waals surface area (Å²) in [6.07, 6.45) is 0. The Kier molecular flexibility index (Phi) is 4.47. The lowest BCUT2D eigenvalue weighted by Crippen LogP contribution is -2.41. The van der Waals surface area contributed by atoms with Gasteiger partial charge in [0.25, 0.3) is 11.6 Å². The summed E-state index contributed by atoms with van der Waals surface area (Å²) in [6.45, 7) is 0. The summed E-state index contributed by atoms with van der Waals surface area (Å²) >= 11 is 4.46. The molecule has 0 saturated carbocycles. The average molecular weight is 305 g/mol. The first-order valence-corrected chi connectivity index (χ1v) is 6.39. The summed E-state index contributed by atoms with van der Waals surface area (Å²) in [5, 5.41) is 11.8. The molecule has 0 unspecified atom stereocenters. The van der Waals surface area contributed by atoms with Gasteiger partial charge in [0.05, 0.1) is 4.92 Å². The standard InChI is InChI=1S/C8H7N3O6S2/c12-7(9-8(18)10-19(15,16)17)5-1-3-6(4-2-5)11(13)14/h1-4H,(H,15,16,17)(H2,9,10,12,18). The number of nitrogens with one attached hydrogen (secondary N) is 2. The third kappa shape index (κ3) is 4.95. The van der Waals surface area contributed by atoms with Crippen LogP contribution in [0.1, 0.15) is 10.4 Å². The SMILES string of the molecule is O=C(NC(=S)NS(=O)(=O)O)c1ccc([N+](=O)[O-])cc1. The maximum Gasteiger partial charge on any atom is 0.359 e. The Hall–Kier alpha value is -2.11. The average Bonchev–Trinajstić information content (AvgIpc) is 2.26. The zero-order chi connectivity index (χ0) is 14.6. The van der Waals surface area contributed by atoms with E-state index in [4.69, 9.17) is 4.55 Å². The molecule has 1 aromatic carbocycles. The number of carbonyl (C=O) groups is 1. The number of nitrogens with zero attached hydrogens (tertiary/aromatic N) is 1. The Labute approximate surface area is 112 Å². The third-order valence-corrected chi connectivity index (χ3v) is 2.58. The quantitative estimate of drug-likeness (QED) is 0.309. The van der Waals surface area contributed by atoms with Crippen LogP contribution < -0.4 is 10.0 Å². The van der Waals surface area contributed by atoms with Crippen molar-refractivity contribution in [2.24, 2.45) is 0 Å². The fraction of sp³-hybridized carbons (Fsp3) is 0. The molecule has 0 radical (unpaired) electrons. The molecule has 1 rings (SSSR count). The van der Waals surface area contributed by atoms with Gasteiger partial charge in [0.15, 0.2) is 5.11 Å². The highest BCUT2D eigenvalue weighted by Gasteiger charge is 2.13. The topological polar surface area (TPSA) is 139 Å². The summed E-state index contributed by atoms with van der Waals surface area (Å²) in [4.78, 5) is 21.3. The fourth-order valence-electron chi connectivity index (χ4n) is 1.05. The Balaban J connectivity index is 2.73. The predicted octanol–water partition coefficient (Wildman–Crippen LogP) is 0.00190. The molecule has 0 heterocycles. The van der Waals surface area contributed by atoms with Crippen LogP contribution in [0.15, 0.2) is 24.3 Å². The van der Waals surface area contributed by atoms with Crippen molar-refractivity contribution in [2.75, 3.05) is 0 Å². The molecule has 0 aromatic heterocycles. The lowest BCUT2D eigenvalue weighted by molar-refractivity contribution is -0.384. The van der Waals surface area contributed by atoms with Gasteiger partial charge in [-0.2, -0.15) is 8.42 Å². The summed E-state index contributed by atoms with van der Waals surface area (Å²) in [5.74, 6) is -0.781. The molecule has 1 aromatic rings. The molecule has 0 aliphatic rings. The van der Waals surface area contributed by atoms with Crippen molar-refractivity contribution < 1.29 is 22.7 Å². The van der Waals surface area contributed by atoms with Gasteiger partial charge in [0.2, 0.25) is 0 Å². The van der Waals surface area contributed by atoms with Crippen molar-refractivity contribution in [3.63, 3.8) is 0 Å². The van der Waals surface area contributed by atoms with Gasteiger partial charge < -0.3 is 0 Å². The van der Waals surface area contributed by atoms with E-state index < -0.39 is 26.2 Å². The van der Waals surface area contributed by atoms with Crippen molar-refractivity contribution >= 4 is 39.2 Å². The number of hydrogen-bond acceptors (Lipinski definition) is 6. The lowest BCUT2D eigenvalue weighted by Gasteiger charge is -2.06. The van der Waals surface area contributed by atoms with Crippen LogP contribution >= 0.6 is 12.2 Å². The van der Waals surface area contributed by atoms with Crippen LogP contribution in [0.4, 0.5) is 5.69 Å². The molecule has 11 heteroatoms. The third-order valence-electron chi connectivity index (χ3n) is 1.79. The number of nitro benzene ring substituents is 1. The molecule has 0 bridgehead atoms. The molecule has 102 valence electrons. The minimum atomic E-state index is -4.56. The van der Waals surface area contributed by atoms with Gasteiger partial charge in [-0.05, 0) is 24.4 Å². The monoisotopic (exact) mass is 305 g/mol. The van der Waals surface area contributed by atoms with Gasteiger partial charge in [0, 0.05) is 17.7 Å². The number of nitro groups is 1. The van der Waals surface area contributed by atoms with E-state index in [1.807, 2.05) is 5.32 Å². The number of amides is 1. The first kappa shape index (κ1) is 14.9. The predicted molar refractivity (Wildman–Crippen MR) is 67.8 cm³/mol. The molecule has 0 saturated heterocycles. The van der Waals surface area contributed by atoms with Crippen LogP contribution in [0.5, 0.6) is 0 Å². The van der Waals surface area contributed by atoms with E-state index in [1.54, 1.807) is 0 Å². The van der Waals surface area contributed by atoms with Gasteiger partial charge in [-0.3, -0.25) is 24.8 Å². The van der Waals surface area contributed by atoms with E-state index in [0.717, 1.165) is 12.1 Å². The number of carbonyl (C=O) groups excluding carboxylic acids is 1. The zero-order valence-corrected chi connectivity index (χ0v) is 10.7. The Morgan fingerprint density at radius 2 is 1.84 bits per heavy atom. The van der Waals surface area contributed by atoms with Gasteiger partial charge in [-0.1, -0.05) is 0 Å². The molecule has 1 amide bonds. The Morgan fingerprint density at radius 3 is 2.26 bits per heavy atom. The van der Waals surface area contributed by atoms with Crippen LogP contribution in [0.25, 0.3) is 0 Å². The van der Waals surface area contributed by atoms with E-state index in [-0.39, 0.29) is 11.3 Å². The summed E-state index contributed by atoms with van der Waals surface area (Å²) in [5.41, 5.74) is -0.166. The molecule has 0 spiro atoms. The number of hydrogen-bond donors (Lipinski definition) is 3. The fourth-order valence-corrected chi connectivity index (χ4v) is 1.75. The van der Waals surface area contributed by atoms with Gasteiger partial charge in [0.1, 0.15) is 0 Å². The minimum Gasteiger partial charge on any atom is -0.298 e. The van der Waals surface area contributed by atoms with E-state index in [2.05, 4.69) is 12.2 Å². The first-order chi connectivity index (χ1) is 8.69. The Bertz CT molecular complexity index is 624. The van der Waals surface area contributed by atoms with E-state index >= 15 is 0 Å². The van der Waals surface area contributed by atoms with Crippen LogP contribution in [-0.2, 0) is 10.3 Å². The summed E-state index contributed by atoms with van der Waals surface area (Å²) in [7, 11) is -4.56. The first-order valence-electron chi connectivity index (χ1n) is 4.54. The summed E-state index contributed by atoms with van der Waals surface area (Å²) in [6, 6.07) is 4.55. The van der Waals surface area contributed by atoms with E-state index in [0.29, 0.717) is 0 Å². The van der Waals surface area contributed by atoms with Crippen molar-refractivity contribution in [1.82, 2.24) is 10.0 Å². The van der Waals surface area contributed by atoms with Crippen molar-refractivity contribution in [3.05, 3.63) is 39.9 Å². The van der Waals surface area contributed by atoms with Crippen LogP contribution in [0.3, 0.4) is 0 Å². The van der Waals surface area contributed by atoms with Crippen LogP contribution in [-0.4, -0.2) is 28.9 Å².